The Balaban J connectivity index is 2.02. The topological polar surface area (TPSA) is 6.48 Å². The molecular formula is C8H18N2S. The third-order valence-corrected chi connectivity index (χ3v) is 4.52. The van der Waals surface area contributed by atoms with Gasteiger partial charge >= 0.3 is 0 Å². The van der Waals surface area contributed by atoms with Gasteiger partial charge in [-0.2, -0.15) is 0 Å². The molecule has 0 aromatic carbocycles. The van der Waals surface area contributed by atoms with Gasteiger partial charge in [-0.05, 0) is 26.0 Å². The van der Waals surface area contributed by atoms with Crippen molar-refractivity contribution in [2.45, 2.75) is 18.5 Å². The summed E-state index contributed by atoms with van der Waals surface area (Å²) in [6.45, 7) is 2.64. The van der Waals surface area contributed by atoms with Gasteiger partial charge in [0.2, 0.25) is 0 Å². The summed E-state index contributed by atoms with van der Waals surface area (Å²) in [4.78, 5) is 2.51. The molecule has 2 rings (SSSR count). The first-order valence-electron chi connectivity index (χ1n) is 4.32. The minimum Gasteiger partial charge on any atom is -0.300 e. The minimum atomic E-state index is 0.171. The fourth-order valence-electron chi connectivity index (χ4n) is 2.33. The molecule has 0 amide bonds. The Morgan fingerprint density at radius 1 is 1.18 bits per heavy atom. The highest BCUT2D eigenvalue weighted by Gasteiger charge is 2.41. The number of nitrogens with zero attached hydrogens (tertiary/aromatic N) is 2. The largest absolute Gasteiger partial charge is 0.300 e. The van der Waals surface area contributed by atoms with Crippen LogP contribution in [-0.4, -0.2) is 53.9 Å². The average molecular weight is 174 g/mol. The molecule has 2 aliphatic heterocycles. The number of hydrogen-bond acceptors (Lipinski definition) is 2. The van der Waals surface area contributed by atoms with Crippen LogP contribution in [0.5, 0.6) is 0 Å². The highest BCUT2D eigenvalue weighted by Crippen LogP contribution is 2.38. The summed E-state index contributed by atoms with van der Waals surface area (Å²) in [6.07, 6.45) is 6.17. The molecule has 2 heterocycles. The van der Waals surface area contributed by atoms with Gasteiger partial charge < -0.3 is 4.90 Å². The Labute approximate surface area is 72.0 Å². The van der Waals surface area contributed by atoms with Crippen LogP contribution in [0.3, 0.4) is 0 Å². The van der Waals surface area contributed by atoms with Crippen LogP contribution in [0.25, 0.3) is 0 Å². The lowest BCUT2D eigenvalue weighted by molar-refractivity contribution is 0.226. The van der Waals surface area contributed by atoms with Gasteiger partial charge in [-0.25, -0.2) is 11.1 Å². The van der Waals surface area contributed by atoms with E-state index in [1.54, 1.807) is 0 Å². The molecule has 2 atom stereocenters. The van der Waals surface area contributed by atoms with E-state index in [4.69, 9.17) is 0 Å². The van der Waals surface area contributed by atoms with Crippen LogP contribution in [0.15, 0.2) is 0 Å². The molecule has 2 aliphatic rings. The van der Waals surface area contributed by atoms with Gasteiger partial charge in [0.1, 0.15) is 0 Å². The molecule has 0 aromatic rings. The van der Waals surface area contributed by atoms with E-state index in [9.17, 15) is 0 Å². The van der Waals surface area contributed by atoms with Crippen molar-refractivity contribution in [2.75, 3.05) is 32.6 Å². The molecule has 2 saturated heterocycles. The summed E-state index contributed by atoms with van der Waals surface area (Å²) in [6, 6.07) is 1.77. The highest BCUT2D eigenvalue weighted by atomic mass is 32.2. The molecular weight excluding hydrogens is 156 g/mol. The van der Waals surface area contributed by atoms with Crippen molar-refractivity contribution >= 4 is 11.1 Å². The van der Waals surface area contributed by atoms with Crippen LogP contribution in [-0.2, 0) is 0 Å². The lowest BCUT2D eigenvalue weighted by atomic mass is 10.2. The standard InChI is InChI=1S/C8H18N2S/c1-9-5-8-4-7(9)6-10(8)11(2)3/h7-8,11H,4-6H2,1-3H3. The van der Waals surface area contributed by atoms with Crippen molar-refractivity contribution in [1.29, 1.82) is 0 Å². The van der Waals surface area contributed by atoms with Crippen molar-refractivity contribution < 1.29 is 0 Å². The predicted molar refractivity (Wildman–Crippen MR) is 52.4 cm³/mol. The number of thiol groups is 1. The zero-order valence-electron chi connectivity index (χ0n) is 7.62. The van der Waals surface area contributed by atoms with E-state index in [0.717, 1.165) is 12.1 Å². The smallest absolute Gasteiger partial charge is 0.0328 e. The van der Waals surface area contributed by atoms with Crippen molar-refractivity contribution in [2.24, 2.45) is 0 Å². The van der Waals surface area contributed by atoms with E-state index >= 15 is 0 Å². The van der Waals surface area contributed by atoms with Gasteiger partial charge in [0.15, 0.2) is 0 Å². The monoisotopic (exact) mass is 174 g/mol. The third kappa shape index (κ3) is 1.19. The Hall–Kier alpha value is 0.270. The molecule has 2 nitrogen and oxygen atoms in total. The number of hydrogen-bond donors (Lipinski definition) is 1. The molecule has 2 bridgehead atoms. The second kappa shape index (κ2) is 2.64. The number of piperazine rings is 1. The quantitative estimate of drug-likeness (QED) is 0.580. The predicted octanol–water partition coefficient (Wildman–Crippen LogP) is 0.550. The summed E-state index contributed by atoms with van der Waals surface area (Å²) >= 11 is 0.171. The Kier molecular flexibility index (Phi) is 1.90. The van der Waals surface area contributed by atoms with E-state index in [1.165, 1.54) is 19.5 Å². The number of fused-ring (bicyclic) bond motifs is 2. The molecule has 0 N–H and O–H groups in total. The van der Waals surface area contributed by atoms with Gasteiger partial charge in [-0.3, -0.25) is 4.31 Å². The first-order valence-corrected chi connectivity index (χ1v) is 6.51. The zero-order chi connectivity index (χ0) is 8.01. The van der Waals surface area contributed by atoms with E-state index in [1.807, 2.05) is 0 Å². The van der Waals surface area contributed by atoms with Crippen molar-refractivity contribution in [3.8, 4) is 0 Å². The van der Waals surface area contributed by atoms with Gasteiger partial charge in [-0.15, -0.1) is 0 Å². The second-order valence-electron chi connectivity index (χ2n) is 3.95. The number of likely N-dealkylation sites (N-methyl/N-ethyl adjacent to an activating group) is 1. The van der Waals surface area contributed by atoms with Crippen LogP contribution in [0, 0.1) is 0 Å². The van der Waals surface area contributed by atoms with Gasteiger partial charge in [0.05, 0.1) is 0 Å². The zero-order valence-corrected chi connectivity index (χ0v) is 8.51. The fraction of sp³-hybridized carbons (Fsp3) is 1.00. The van der Waals surface area contributed by atoms with Crippen molar-refractivity contribution in [3.63, 3.8) is 0 Å². The molecule has 0 saturated carbocycles. The third-order valence-electron chi connectivity index (χ3n) is 3.00. The van der Waals surface area contributed by atoms with E-state index in [-0.39, 0.29) is 11.1 Å². The van der Waals surface area contributed by atoms with Crippen LogP contribution in [0.4, 0.5) is 0 Å². The molecule has 2 unspecified atom stereocenters. The highest BCUT2D eigenvalue weighted by molar-refractivity contribution is 8.13. The molecule has 0 aliphatic carbocycles. The molecule has 11 heavy (non-hydrogen) atoms. The average Bonchev–Trinajstić information content (AvgIpc) is 2.43. The fourth-order valence-corrected chi connectivity index (χ4v) is 3.67. The maximum absolute atomic E-state index is 2.71. The van der Waals surface area contributed by atoms with E-state index in [0.29, 0.717) is 0 Å². The van der Waals surface area contributed by atoms with Gasteiger partial charge in [0, 0.05) is 25.2 Å². The molecule has 0 radical (unpaired) electrons. The maximum atomic E-state index is 2.71. The van der Waals surface area contributed by atoms with Crippen molar-refractivity contribution in [3.05, 3.63) is 0 Å². The SMILES string of the molecule is CN1CC2CC1CN2[SH](C)C. The van der Waals surface area contributed by atoms with Crippen molar-refractivity contribution in [1.82, 2.24) is 9.21 Å². The van der Waals surface area contributed by atoms with E-state index < -0.39 is 0 Å². The van der Waals surface area contributed by atoms with E-state index in [2.05, 4.69) is 28.8 Å². The Morgan fingerprint density at radius 3 is 2.27 bits per heavy atom. The summed E-state index contributed by atoms with van der Waals surface area (Å²) in [7, 11) is 2.26. The summed E-state index contributed by atoms with van der Waals surface area (Å²) < 4.78 is 2.71. The maximum Gasteiger partial charge on any atom is 0.0328 e. The normalized spacial score (nSPS) is 40.1. The van der Waals surface area contributed by atoms with Crippen LogP contribution < -0.4 is 0 Å². The summed E-state index contributed by atoms with van der Waals surface area (Å²) in [5.41, 5.74) is 0. The number of likely N-dealkylation sites (tertiary alicyclic amines) is 1. The molecule has 2 fully saturated rings. The first kappa shape index (κ1) is 7.90. The molecule has 3 heteroatoms. The number of rotatable bonds is 1. The molecule has 0 spiro atoms. The van der Waals surface area contributed by atoms with Gasteiger partial charge in [0.25, 0.3) is 0 Å². The lowest BCUT2D eigenvalue weighted by Gasteiger charge is -2.36. The van der Waals surface area contributed by atoms with Crippen LogP contribution >= 0.6 is 11.1 Å². The first-order chi connectivity index (χ1) is 5.18. The molecule has 0 aromatic heterocycles. The summed E-state index contributed by atoms with van der Waals surface area (Å²) in [5, 5.41) is 0. The Bertz CT molecular complexity index is 158. The minimum absolute atomic E-state index is 0.171. The Morgan fingerprint density at radius 2 is 1.91 bits per heavy atom. The van der Waals surface area contributed by atoms with Crippen LogP contribution in [0.2, 0.25) is 0 Å². The summed E-state index contributed by atoms with van der Waals surface area (Å²) in [5.74, 6) is 0. The molecule has 66 valence electrons. The van der Waals surface area contributed by atoms with Gasteiger partial charge in [-0.1, -0.05) is 0 Å². The lowest BCUT2D eigenvalue weighted by Crippen LogP contribution is -2.42. The van der Waals surface area contributed by atoms with Crippen LogP contribution in [0.1, 0.15) is 6.42 Å². The second-order valence-corrected chi connectivity index (χ2v) is 6.16.